The van der Waals surface area contributed by atoms with E-state index >= 15 is 0 Å². The first-order valence-electron chi connectivity index (χ1n) is 7.29. The van der Waals surface area contributed by atoms with Crippen molar-refractivity contribution >= 4 is 17.4 Å². The predicted octanol–water partition coefficient (Wildman–Crippen LogP) is 3.54. The smallest absolute Gasteiger partial charge is 0.272 e. The molecule has 4 nitrogen and oxygen atoms in total. The van der Waals surface area contributed by atoms with Gasteiger partial charge >= 0.3 is 0 Å². The first-order valence-corrected chi connectivity index (χ1v) is 7.29. The highest BCUT2D eigenvalue weighted by atomic mass is 19.1. The van der Waals surface area contributed by atoms with Crippen molar-refractivity contribution < 1.29 is 14.0 Å². The van der Waals surface area contributed by atoms with Crippen molar-refractivity contribution in [3.63, 3.8) is 0 Å². The average molecular weight is 300 g/mol. The number of anilines is 1. The highest BCUT2D eigenvalue weighted by molar-refractivity contribution is 6.08. The minimum atomic E-state index is -0.474. The molecular weight excluding hydrogens is 283 g/mol. The van der Waals surface area contributed by atoms with Gasteiger partial charge in [-0.2, -0.15) is 0 Å². The molecule has 0 spiro atoms. The average Bonchev–Trinajstić information content (AvgIpc) is 2.80. The molecule has 0 atom stereocenters. The number of ketones is 1. The fraction of sp³-hybridized carbons (Fsp3) is 0.294. The van der Waals surface area contributed by atoms with Crippen molar-refractivity contribution in [3.8, 4) is 0 Å². The molecule has 0 aliphatic heterocycles. The van der Waals surface area contributed by atoms with Gasteiger partial charge in [-0.05, 0) is 49.9 Å². The number of Topliss-reactive ketones (excluding diaryl/α,β-unsaturated/α-hetero) is 1. The van der Waals surface area contributed by atoms with Crippen molar-refractivity contribution in [3.05, 3.63) is 52.1 Å². The van der Waals surface area contributed by atoms with Gasteiger partial charge in [0.15, 0.2) is 5.78 Å². The number of carbonyl (C=O) groups excluding carboxylic acids is 2. The van der Waals surface area contributed by atoms with E-state index in [0.29, 0.717) is 23.2 Å². The number of aryl methyl sites for hydroxylation is 2. The van der Waals surface area contributed by atoms with Crippen LogP contribution in [0.4, 0.5) is 10.1 Å². The molecule has 0 saturated carbocycles. The van der Waals surface area contributed by atoms with E-state index in [1.807, 2.05) is 0 Å². The van der Waals surface area contributed by atoms with Gasteiger partial charge in [0.05, 0.1) is 5.69 Å². The molecule has 22 heavy (non-hydrogen) atoms. The van der Waals surface area contributed by atoms with Crippen LogP contribution in [-0.4, -0.2) is 16.7 Å². The molecule has 0 bridgehead atoms. The van der Waals surface area contributed by atoms with Crippen LogP contribution in [0.25, 0.3) is 0 Å². The van der Waals surface area contributed by atoms with Crippen molar-refractivity contribution in [2.24, 2.45) is 0 Å². The highest BCUT2D eigenvalue weighted by Crippen LogP contribution is 2.27. The number of aromatic amines is 1. The van der Waals surface area contributed by atoms with Crippen LogP contribution in [0.5, 0.6) is 0 Å². The number of amides is 1. The second kappa shape index (κ2) is 5.40. The number of fused-ring (bicyclic) bond motifs is 1. The third-order valence-electron chi connectivity index (χ3n) is 4.04. The largest absolute Gasteiger partial charge is 0.354 e. The number of halogens is 1. The van der Waals surface area contributed by atoms with Crippen molar-refractivity contribution in [1.29, 1.82) is 0 Å². The van der Waals surface area contributed by atoms with E-state index < -0.39 is 11.7 Å². The zero-order valence-electron chi connectivity index (χ0n) is 12.5. The topological polar surface area (TPSA) is 62.0 Å². The Bertz CT molecular complexity index is 777. The van der Waals surface area contributed by atoms with Gasteiger partial charge in [-0.1, -0.05) is 6.07 Å². The van der Waals surface area contributed by atoms with Crippen LogP contribution in [0.2, 0.25) is 0 Å². The third-order valence-corrected chi connectivity index (χ3v) is 4.04. The Morgan fingerprint density at radius 1 is 1.27 bits per heavy atom. The van der Waals surface area contributed by atoms with Gasteiger partial charge in [-0.25, -0.2) is 4.39 Å². The molecule has 1 aromatic carbocycles. The highest BCUT2D eigenvalue weighted by Gasteiger charge is 2.26. The molecule has 114 valence electrons. The number of rotatable bonds is 2. The van der Waals surface area contributed by atoms with Crippen molar-refractivity contribution in [1.82, 2.24) is 4.98 Å². The number of H-pyrrole nitrogens is 1. The lowest BCUT2D eigenvalue weighted by Gasteiger charge is -2.09. The van der Waals surface area contributed by atoms with E-state index in [1.54, 1.807) is 19.9 Å². The lowest BCUT2D eigenvalue weighted by atomic mass is 9.94. The van der Waals surface area contributed by atoms with E-state index in [1.165, 1.54) is 12.1 Å². The monoisotopic (exact) mass is 300 g/mol. The Labute approximate surface area is 127 Å². The van der Waals surface area contributed by atoms with Gasteiger partial charge in [0.2, 0.25) is 0 Å². The van der Waals surface area contributed by atoms with Gasteiger partial charge in [0.25, 0.3) is 5.91 Å². The van der Waals surface area contributed by atoms with E-state index in [0.717, 1.165) is 24.1 Å². The van der Waals surface area contributed by atoms with Gasteiger partial charge in [-0.3, -0.25) is 9.59 Å². The van der Waals surface area contributed by atoms with E-state index in [2.05, 4.69) is 10.3 Å². The van der Waals surface area contributed by atoms with Gasteiger partial charge < -0.3 is 10.3 Å². The van der Waals surface area contributed by atoms with E-state index in [4.69, 9.17) is 0 Å². The summed E-state index contributed by atoms with van der Waals surface area (Å²) in [4.78, 5) is 27.4. The van der Waals surface area contributed by atoms with Crippen LogP contribution >= 0.6 is 0 Å². The molecule has 5 heteroatoms. The number of hydrogen-bond donors (Lipinski definition) is 2. The Balaban J connectivity index is 1.91. The first-order chi connectivity index (χ1) is 10.5. The molecule has 1 aliphatic rings. The van der Waals surface area contributed by atoms with Crippen LogP contribution in [0, 0.1) is 19.7 Å². The molecule has 0 unspecified atom stereocenters. The lowest BCUT2D eigenvalue weighted by Crippen LogP contribution is -2.15. The first kappa shape index (κ1) is 14.5. The molecule has 0 radical (unpaired) electrons. The van der Waals surface area contributed by atoms with Crippen molar-refractivity contribution in [2.45, 2.75) is 33.1 Å². The van der Waals surface area contributed by atoms with E-state index in [9.17, 15) is 14.0 Å². The quantitative estimate of drug-likeness (QED) is 0.891. The summed E-state index contributed by atoms with van der Waals surface area (Å²) in [5.41, 5.74) is 3.33. The van der Waals surface area contributed by atoms with E-state index in [-0.39, 0.29) is 11.5 Å². The maximum absolute atomic E-state index is 13.8. The minimum Gasteiger partial charge on any atom is -0.354 e. The molecule has 3 rings (SSSR count). The normalized spacial score (nSPS) is 13.9. The van der Waals surface area contributed by atoms with Crippen molar-refractivity contribution in [2.75, 3.05) is 5.32 Å². The summed E-state index contributed by atoms with van der Waals surface area (Å²) in [5.74, 6) is -0.837. The molecule has 2 N–H and O–H groups in total. The third kappa shape index (κ3) is 2.43. The van der Waals surface area contributed by atoms with Gasteiger partial charge in [0.1, 0.15) is 11.5 Å². The second-order valence-electron chi connectivity index (χ2n) is 5.69. The summed E-state index contributed by atoms with van der Waals surface area (Å²) in [6.45, 7) is 3.53. The Morgan fingerprint density at radius 3 is 2.73 bits per heavy atom. The molecule has 1 aromatic heterocycles. The molecule has 0 saturated heterocycles. The number of carbonyl (C=O) groups is 2. The summed E-state index contributed by atoms with van der Waals surface area (Å²) in [7, 11) is 0. The fourth-order valence-corrected chi connectivity index (χ4v) is 2.91. The van der Waals surface area contributed by atoms with Crippen LogP contribution in [0.3, 0.4) is 0 Å². The lowest BCUT2D eigenvalue weighted by molar-refractivity contribution is 0.0971. The van der Waals surface area contributed by atoms with Crippen LogP contribution in [0.1, 0.15) is 50.5 Å². The summed E-state index contributed by atoms with van der Waals surface area (Å²) >= 11 is 0. The number of nitrogens with one attached hydrogen (secondary N) is 2. The zero-order valence-corrected chi connectivity index (χ0v) is 12.5. The second-order valence-corrected chi connectivity index (χ2v) is 5.69. The summed E-state index contributed by atoms with van der Waals surface area (Å²) in [5, 5.41) is 2.56. The number of hydrogen-bond acceptors (Lipinski definition) is 2. The standard InChI is InChI=1S/C17H17FN2O2/c1-9-6-7-12(11(18)8-9)20-17(22)16-10(2)15-13(19-16)4-3-5-14(15)21/h6-8,19H,3-5H2,1-2H3,(H,20,22). The minimum absolute atomic E-state index is 0.0653. The Kier molecular flexibility index (Phi) is 3.56. The fourth-order valence-electron chi connectivity index (χ4n) is 2.91. The maximum Gasteiger partial charge on any atom is 0.272 e. The molecule has 1 amide bonds. The maximum atomic E-state index is 13.8. The molecule has 1 heterocycles. The molecule has 0 fully saturated rings. The summed E-state index contributed by atoms with van der Waals surface area (Å²) < 4.78 is 13.8. The van der Waals surface area contributed by atoms with Gasteiger partial charge in [0, 0.05) is 17.7 Å². The molecule has 1 aliphatic carbocycles. The number of aromatic nitrogens is 1. The molecular formula is C17H17FN2O2. The molecule has 2 aromatic rings. The summed E-state index contributed by atoms with van der Waals surface area (Å²) in [6.07, 6.45) is 2.06. The van der Waals surface area contributed by atoms with Gasteiger partial charge in [-0.15, -0.1) is 0 Å². The van der Waals surface area contributed by atoms with Crippen LogP contribution in [-0.2, 0) is 6.42 Å². The predicted molar refractivity (Wildman–Crippen MR) is 81.9 cm³/mol. The SMILES string of the molecule is Cc1ccc(NC(=O)c2[nH]c3c(c2C)C(=O)CCC3)c(F)c1. The summed E-state index contributed by atoms with van der Waals surface area (Å²) in [6, 6.07) is 4.63. The Morgan fingerprint density at radius 2 is 2.05 bits per heavy atom. The number of benzene rings is 1. The van der Waals surface area contributed by atoms with Crippen LogP contribution in [0.15, 0.2) is 18.2 Å². The van der Waals surface area contributed by atoms with Crippen LogP contribution < -0.4 is 5.32 Å². The Hall–Kier alpha value is -2.43. The zero-order chi connectivity index (χ0) is 15.9.